The summed E-state index contributed by atoms with van der Waals surface area (Å²) in [5, 5.41) is 12.0. The number of alkyl carbamates (subject to hydrolysis) is 1. The van der Waals surface area contributed by atoms with Gasteiger partial charge < -0.3 is 19.9 Å². The van der Waals surface area contributed by atoms with Gasteiger partial charge in [0.15, 0.2) is 0 Å². The molecule has 0 heterocycles. The lowest BCUT2D eigenvalue weighted by Gasteiger charge is -2.32. The van der Waals surface area contributed by atoms with Crippen molar-refractivity contribution in [1.29, 1.82) is 0 Å². The first-order chi connectivity index (χ1) is 14.9. The Bertz CT molecular complexity index is 991. The molecule has 2 N–H and O–H groups in total. The Morgan fingerprint density at radius 2 is 1.44 bits per heavy atom. The Morgan fingerprint density at radius 1 is 0.938 bits per heavy atom. The summed E-state index contributed by atoms with van der Waals surface area (Å²) < 4.78 is 10.8. The molecule has 0 bridgehead atoms. The van der Waals surface area contributed by atoms with E-state index in [4.69, 9.17) is 9.47 Å². The largest absolute Gasteiger partial charge is 0.480 e. The maximum atomic E-state index is 12.6. The van der Waals surface area contributed by atoms with Crippen LogP contribution in [-0.2, 0) is 19.1 Å². The van der Waals surface area contributed by atoms with Crippen LogP contribution in [0.2, 0.25) is 0 Å². The minimum atomic E-state index is -1.52. The Labute approximate surface area is 187 Å². The molecule has 0 saturated heterocycles. The molecular weight excluding hydrogens is 410 g/mol. The van der Waals surface area contributed by atoms with Gasteiger partial charge in [-0.15, -0.1) is 0 Å². The van der Waals surface area contributed by atoms with Gasteiger partial charge in [-0.2, -0.15) is 0 Å². The second kappa shape index (κ2) is 8.65. The number of hydrogen-bond acceptors (Lipinski definition) is 5. The van der Waals surface area contributed by atoms with E-state index < -0.39 is 35.1 Å². The molecule has 7 nitrogen and oxygen atoms in total. The number of esters is 1. The average Bonchev–Trinajstić information content (AvgIpc) is 3.02. The number of fused-ring (bicyclic) bond motifs is 3. The molecule has 2 aromatic carbocycles. The summed E-state index contributed by atoms with van der Waals surface area (Å²) in [6.45, 7) is 7.95. The molecule has 170 valence electrons. The third-order valence-electron chi connectivity index (χ3n) is 5.50. The van der Waals surface area contributed by atoms with Crippen molar-refractivity contribution >= 4 is 18.0 Å². The predicted octanol–water partition coefficient (Wildman–Crippen LogP) is 4.35. The third-order valence-corrected chi connectivity index (χ3v) is 5.50. The minimum Gasteiger partial charge on any atom is -0.480 e. The zero-order valence-corrected chi connectivity index (χ0v) is 19.0. The van der Waals surface area contributed by atoms with Gasteiger partial charge in [-0.1, -0.05) is 48.5 Å². The van der Waals surface area contributed by atoms with E-state index in [0.717, 1.165) is 22.3 Å². The van der Waals surface area contributed by atoms with Crippen molar-refractivity contribution < 1.29 is 29.0 Å². The monoisotopic (exact) mass is 439 g/mol. The number of hydrogen-bond donors (Lipinski definition) is 2. The van der Waals surface area contributed by atoms with E-state index in [2.05, 4.69) is 5.32 Å². The Hall–Kier alpha value is -3.35. The van der Waals surface area contributed by atoms with Crippen molar-refractivity contribution in [3.05, 3.63) is 59.7 Å². The van der Waals surface area contributed by atoms with Crippen LogP contribution in [0.3, 0.4) is 0 Å². The predicted molar refractivity (Wildman–Crippen MR) is 119 cm³/mol. The third kappa shape index (κ3) is 4.77. The van der Waals surface area contributed by atoms with Crippen molar-refractivity contribution in [2.75, 3.05) is 6.61 Å². The van der Waals surface area contributed by atoms with Crippen molar-refractivity contribution in [3.63, 3.8) is 0 Å². The van der Waals surface area contributed by atoms with Crippen molar-refractivity contribution in [3.8, 4) is 11.1 Å². The molecular formula is C25H29NO6. The number of carbonyl (C=O) groups excluding carboxylic acids is 2. The lowest BCUT2D eigenvalue weighted by Crippen LogP contribution is -2.55. The number of amides is 1. The Morgan fingerprint density at radius 3 is 1.91 bits per heavy atom. The Balaban J connectivity index is 1.72. The smallest absolute Gasteiger partial charge is 0.407 e. The number of ether oxygens (including phenoxy) is 2. The standard InChI is InChI=1S/C25H29NO6/c1-24(2,3)32-22(29)25(4,5)20(21(27)28)26-23(30)31-14-19-17-12-8-6-10-15(17)16-11-7-9-13-18(16)19/h6-13,19-20H,14H2,1-5H3,(H,26,30)(H,27,28)/t20-/m1/s1. The van der Waals surface area contributed by atoms with E-state index in [1.165, 1.54) is 13.8 Å². The van der Waals surface area contributed by atoms with Gasteiger partial charge >= 0.3 is 18.0 Å². The van der Waals surface area contributed by atoms with Gasteiger partial charge in [0.25, 0.3) is 0 Å². The number of carbonyl (C=O) groups is 3. The molecule has 0 saturated carbocycles. The second-order valence-corrected chi connectivity index (χ2v) is 9.46. The fourth-order valence-electron chi connectivity index (χ4n) is 3.84. The molecule has 0 aliphatic heterocycles. The number of carboxylic acids is 1. The van der Waals surface area contributed by atoms with Crippen LogP contribution >= 0.6 is 0 Å². The van der Waals surface area contributed by atoms with Crippen LogP contribution in [0.1, 0.15) is 51.7 Å². The molecule has 0 unspecified atom stereocenters. The lowest BCUT2D eigenvalue weighted by molar-refractivity contribution is -0.171. The molecule has 3 rings (SSSR count). The second-order valence-electron chi connectivity index (χ2n) is 9.46. The SMILES string of the molecule is CC(C)(C)OC(=O)C(C)(C)[C@H](NC(=O)OCC1c2ccccc2-c2ccccc21)C(=O)O. The highest BCUT2D eigenvalue weighted by Gasteiger charge is 2.45. The van der Waals surface area contributed by atoms with E-state index in [0.29, 0.717) is 0 Å². The molecule has 2 aromatic rings. The number of aliphatic carboxylic acids is 1. The molecule has 1 aliphatic carbocycles. The summed E-state index contributed by atoms with van der Waals surface area (Å²) >= 11 is 0. The quantitative estimate of drug-likeness (QED) is 0.649. The van der Waals surface area contributed by atoms with Crippen LogP contribution in [0, 0.1) is 5.41 Å². The first-order valence-electron chi connectivity index (χ1n) is 10.5. The van der Waals surface area contributed by atoms with E-state index >= 15 is 0 Å². The van der Waals surface area contributed by atoms with Gasteiger partial charge in [-0.05, 0) is 56.9 Å². The van der Waals surface area contributed by atoms with Gasteiger partial charge in [-0.3, -0.25) is 4.79 Å². The highest BCUT2D eigenvalue weighted by atomic mass is 16.6. The minimum absolute atomic E-state index is 0.0407. The molecule has 32 heavy (non-hydrogen) atoms. The van der Waals surface area contributed by atoms with Gasteiger partial charge in [0.05, 0.1) is 5.41 Å². The van der Waals surface area contributed by atoms with Gasteiger partial charge in [0.1, 0.15) is 18.2 Å². The first-order valence-corrected chi connectivity index (χ1v) is 10.5. The van der Waals surface area contributed by atoms with E-state index in [9.17, 15) is 19.5 Å². The lowest BCUT2D eigenvalue weighted by atomic mass is 9.84. The summed E-state index contributed by atoms with van der Waals surface area (Å²) in [5.74, 6) is -2.24. The highest BCUT2D eigenvalue weighted by Crippen LogP contribution is 2.44. The van der Waals surface area contributed by atoms with E-state index in [-0.39, 0.29) is 12.5 Å². The first kappa shape index (κ1) is 23.3. The summed E-state index contributed by atoms with van der Waals surface area (Å²) in [6, 6.07) is 14.3. The summed E-state index contributed by atoms with van der Waals surface area (Å²) in [6.07, 6.45) is -0.907. The molecule has 0 aromatic heterocycles. The summed E-state index contributed by atoms with van der Waals surface area (Å²) in [7, 11) is 0. The summed E-state index contributed by atoms with van der Waals surface area (Å²) in [5.41, 5.74) is 1.97. The van der Waals surface area contributed by atoms with Crippen LogP contribution in [-0.4, -0.2) is 41.4 Å². The zero-order chi connectivity index (χ0) is 23.7. The number of rotatable bonds is 6. The van der Waals surface area contributed by atoms with Crippen molar-refractivity contribution in [2.24, 2.45) is 5.41 Å². The summed E-state index contributed by atoms with van der Waals surface area (Å²) in [4.78, 5) is 37.0. The topological polar surface area (TPSA) is 102 Å². The molecule has 1 amide bonds. The van der Waals surface area contributed by atoms with Gasteiger partial charge in [-0.25, -0.2) is 9.59 Å². The number of benzene rings is 2. The van der Waals surface area contributed by atoms with Gasteiger partial charge in [0, 0.05) is 5.92 Å². The van der Waals surface area contributed by atoms with E-state index in [1.54, 1.807) is 20.8 Å². The average molecular weight is 440 g/mol. The molecule has 0 spiro atoms. The molecule has 0 radical (unpaired) electrons. The Kier molecular flexibility index (Phi) is 6.30. The zero-order valence-electron chi connectivity index (χ0n) is 19.0. The van der Waals surface area contributed by atoms with E-state index in [1.807, 2.05) is 48.5 Å². The van der Waals surface area contributed by atoms with Crippen LogP contribution in [0.5, 0.6) is 0 Å². The fraction of sp³-hybridized carbons (Fsp3) is 0.400. The van der Waals surface area contributed by atoms with Gasteiger partial charge in [0.2, 0.25) is 0 Å². The molecule has 1 atom stereocenters. The normalized spacial score (nSPS) is 14.2. The van der Waals surface area contributed by atoms with Crippen LogP contribution in [0.25, 0.3) is 11.1 Å². The molecule has 0 fully saturated rings. The van der Waals surface area contributed by atoms with Crippen LogP contribution < -0.4 is 5.32 Å². The van der Waals surface area contributed by atoms with Crippen molar-refractivity contribution in [1.82, 2.24) is 5.32 Å². The maximum absolute atomic E-state index is 12.6. The molecule has 7 heteroatoms. The number of carboxylic acid groups (broad SMARTS) is 1. The highest BCUT2D eigenvalue weighted by molar-refractivity contribution is 5.89. The fourth-order valence-corrected chi connectivity index (χ4v) is 3.84. The maximum Gasteiger partial charge on any atom is 0.407 e. The molecule has 1 aliphatic rings. The van der Waals surface area contributed by atoms with Crippen molar-refractivity contribution in [2.45, 2.75) is 52.2 Å². The van der Waals surface area contributed by atoms with Crippen LogP contribution in [0.15, 0.2) is 48.5 Å². The number of nitrogens with one attached hydrogen (secondary N) is 1. The van der Waals surface area contributed by atoms with Crippen LogP contribution in [0.4, 0.5) is 4.79 Å².